The number of nitrogens with one attached hydrogen (secondary N) is 1. The number of hydrogen-bond donors (Lipinski definition) is 2. The second-order valence-electron chi connectivity index (χ2n) is 4.29. The van der Waals surface area contributed by atoms with E-state index in [1.165, 1.54) is 11.9 Å². The molecular formula is C13H15N5O2. The van der Waals surface area contributed by atoms with Gasteiger partial charge in [-0.3, -0.25) is 10.1 Å². The minimum atomic E-state index is -0.594. The number of anilines is 3. The molecule has 0 saturated heterocycles. The van der Waals surface area contributed by atoms with Crippen molar-refractivity contribution in [2.75, 3.05) is 11.1 Å². The van der Waals surface area contributed by atoms with Crippen LogP contribution in [0.4, 0.5) is 23.0 Å². The number of nitrogen functional groups attached to an aromatic ring is 1. The first-order valence-electron chi connectivity index (χ1n) is 6.22. The molecule has 3 N–H and O–H groups in total. The summed E-state index contributed by atoms with van der Waals surface area (Å²) in [7, 11) is 0. The summed E-state index contributed by atoms with van der Waals surface area (Å²) in [6.07, 6.45) is 3.26. The molecule has 2 rings (SSSR count). The minimum absolute atomic E-state index is 0.0886. The Morgan fingerprint density at radius 2 is 2.00 bits per heavy atom. The lowest BCUT2D eigenvalue weighted by molar-refractivity contribution is -0.383. The van der Waals surface area contributed by atoms with Crippen molar-refractivity contribution in [2.45, 2.75) is 19.8 Å². The van der Waals surface area contributed by atoms with Crippen LogP contribution < -0.4 is 11.1 Å². The van der Waals surface area contributed by atoms with Crippen LogP contribution in [0.5, 0.6) is 0 Å². The fraction of sp³-hybridized carbons (Fsp3) is 0.231. The van der Waals surface area contributed by atoms with Crippen molar-refractivity contribution in [1.82, 2.24) is 9.97 Å². The van der Waals surface area contributed by atoms with Gasteiger partial charge in [-0.25, -0.2) is 9.97 Å². The van der Waals surface area contributed by atoms with Crippen molar-refractivity contribution in [3.05, 3.63) is 46.3 Å². The Morgan fingerprint density at radius 1 is 1.30 bits per heavy atom. The maximum Gasteiger partial charge on any atom is 0.353 e. The first-order valence-corrected chi connectivity index (χ1v) is 6.22. The van der Waals surface area contributed by atoms with Crippen molar-refractivity contribution in [1.29, 1.82) is 0 Å². The Bertz CT molecular complexity index is 613. The van der Waals surface area contributed by atoms with Gasteiger partial charge in [0.05, 0.1) is 4.92 Å². The van der Waals surface area contributed by atoms with Crippen LogP contribution in [0.3, 0.4) is 0 Å². The normalized spacial score (nSPS) is 10.2. The summed E-state index contributed by atoms with van der Waals surface area (Å²) in [5, 5.41) is 13.9. The molecule has 1 aromatic heterocycles. The number of nitro groups is 1. The predicted molar refractivity (Wildman–Crippen MR) is 76.8 cm³/mol. The highest BCUT2D eigenvalue weighted by Crippen LogP contribution is 2.29. The Balaban J connectivity index is 2.26. The number of hydrogen-bond acceptors (Lipinski definition) is 6. The number of aryl methyl sites for hydroxylation is 1. The van der Waals surface area contributed by atoms with Gasteiger partial charge in [0.2, 0.25) is 11.6 Å². The molecule has 0 aliphatic carbocycles. The van der Waals surface area contributed by atoms with Gasteiger partial charge in [0, 0.05) is 5.69 Å². The van der Waals surface area contributed by atoms with Gasteiger partial charge in [0.1, 0.15) is 6.33 Å². The third-order valence-electron chi connectivity index (χ3n) is 2.79. The Kier molecular flexibility index (Phi) is 4.09. The molecule has 7 heteroatoms. The SMILES string of the molecule is CCCc1ccc(Nc2ncnc(N)c2[N+](=O)[O-])cc1. The van der Waals surface area contributed by atoms with Crippen molar-refractivity contribution in [3.8, 4) is 0 Å². The number of nitrogens with two attached hydrogens (primary N) is 1. The molecule has 7 nitrogen and oxygen atoms in total. The lowest BCUT2D eigenvalue weighted by atomic mass is 10.1. The summed E-state index contributed by atoms with van der Waals surface area (Å²) in [6.45, 7) is 2.11. The summed E-state index contributed by atoms with van der Waals surface area (Å²) in [5.74, 6) is -0.0687. The number of benzene rings is 1. The molecule has 2 aromatic rings. The molecule has 0 spiro atoms. The van der Waals surface area contributed by atoms with Crippen LogP contribution in [0.2, 0.25) is 0 Å². The quantitative estimate of drug-likeness (QED) is 0.640. The van der Waals surface area contributed by atoms with E-state index in [1.54, 1.807) is 0 Å². The summed E-state index contributed by atoms with van der Waals surface area (Å²) in [6, 6.07) is 7.66. The average Bonchev–Trinajstić information content (AvgIpc) is 2.41. The van der Waals surface area contributed by atoms with Crippen LogP contribution in [0, 0.1) is 10.1 Å². The molecule has 1 heterocycles. The van der Waals surface area contributed by atoms with Gasteiger partial charge in [0.25, 0.3) is 0 Å². The van der Waals surface area contributed by atoms with Crippen LogP contribution in [-0.4, -0.2) is 14.9 Å². The molecule has 0 unspecified atom stereocenters. The first kappa shape index (κ1) is 13.7. The molecule has 0 saturated carbocycles. The molecule has 0 fully saturated rings. The van der Waals surface area contributed by atoms with E-state index in [1.807, 2.05) is 24.3 Å². The monoisotopic (exact) mass is 273 g/mol. The van der Waals surface area contributed by atoms with Crippen LogP contribution in [0.25, 0.3) is 0 Å². The maximum absolute atomic E-state index is 11.0. The van der Waals surface area contributed by atoms with Crippen LogP contribution in [0.1, 0.15) is 18.9 Å². The Morgan fingerprint density at radius 3 is 2.60 bits per heavy atom. The Hall–Kier alpha value is -2.70. The highest BCUT2D eigenvalue weighted by atomic mass is 16.6. The number of aromatic nitrogens is 2. The van der Waals surface area contributed by atoms with Gasteiger partial charge in [-0.05, 0) is 24.1 Å². The van der Waals surface area contributed by atoms with Gasteiger partial charge in [-0.2, -0.15) is 0 Å². The molecule has 0 aliphatic heterocycles. The topological polar surface area (TPSA) is 107 Å². The third kappa shape index (κ3) is 3.00. The molecule has 0 aliphatic rings. The van der Waals surface area contributed by atoms with Gasteiger partial charge < -0.3 is 11.1 Å². The highest BCUT2D eigenvalue weighted by Gasteiger charge is 2.20. The van der Waals surface area contributed by atoms with E-state index in [-0.39, 0.29) is 17.3 Å². The molecule has 20 heavy (non-hydrogen) atoms. The third-order valence-corrected chi connectivity index (χ3v) is 2.79. The van der Waals surface area contributed by atoms with Crippen molar-refractivity contribution >= 4 is 23.0 Å². The largest absolute Gasteiger partial charge is 0.378 e. The smallest absolute Gasteiger partial charge is 0.353 e. The Labute approximate surface area is 116 Å². The standard InChI is InChI=1S/C13H15N5O2/c1-2-3-9-4-6-10(7-5-9)17-13-11(18(19)20)12(14)15-8-16-13/h4-8H,2-3H2,1H3,(H3,14,15,16,17). The van der Waals surface area contributed by atoms with E-state index >= 15 is 0 Å². The van der Waals surface area contributed by atoms with E-state index < -0.39 is 4.92 Å². The number of nitrogens with zero attached hydrogens (tertiary/aromatic N) is 3. The highest BCUT2D eigenvalue weighted by molar-refractivity contribution is 5.72. The van der Waals surface area contributed by atoms with Gasteiger partial charge in [-0.1, -0.05) is 25.5 Å². The summed E-state index contributed by atoms with van der Waals surface area (Å²) < 4.78 is 0. The molecule has 1 aromatic carbocycles. The van der Waals surface area contributed by atoms with E-state index in [9.17, 15) is 10.1 Å². The second-order valence-corrected chi connectivity index (χ2v) is 4.29. The summed E-state index contributed by atoms with van der Waals surface area (Å²) in [5.41, 5.74) is 7.12. The van der Waals surface area contributed by atoms with Crippen LogP contribution in [-0.2, 0) is 6.42 Å². The van der Waals surface area contributed by atoms with Crippen molar-refractivity contribution in [2.24, 2.45) is 0 Å². The van der Waals surface area contributed by atoms with Gasteiger partial charge >= 0.3 is 5.69 Å². The zero-order chi connectivity index (χ0) is 14.5. The van der Waals surface area contributed by atoms with E-state index in [2.05, 4.69) is 22.2 Å². The molecule has 0 atom stereocenters. The van der Waals surface area contributed by atoms with E-state index in [4.69, 9.17) is 5.73 Å². The zero-order valence-corrected chi connectivity index (χ0v) is 11.0. The van der Waals surface area contributed by atoms with Gasteiger partial charge in [0.15, 0.2) is 0 Å². The second kappa shape index (κ2) is 5.96. The molecule has 0 radical (unpaired) electrons. The minimum Gasteiger partial charge on any atom is -0.378 e. The molecule has 104 valence electrons. The predicted octanol–water partition coefficient (Wildman–Crippen LogP) is 2.66. The van der Waals surface area contributed by atoms with E-state index in [0.29, 0.717) is 5.69 Å². The first-order chi connectivity index (χ1) is 9.61. The van der Waals surface area contributed by atoms with Crippen molar-refractivity contribution in [3.63, 3.8) is 0 Å². The van der Waals surface area contributed by atoms with Crippen molar-refractivity contribution < 1.29 is 4.92 Å². The van der Waals surface area contributed by atoms with Crippen LogP contribution in [0.15, 0.2) is 30.6 Å². The van der Waals surface area contributed by atoms with Gasteiger partial charge in [-0.15, -0.1) is 0 Å². The molecular weight excluding hydrogens is 258 g/mol. The van der Waals surface area contributed by atoms with E-state index in [0.717, 1.165) is 12.8 Å². The maximum atomic E-state index is 11.0. The molecule has 0 amide bonds. The summed E-state index contributed by atoms with van der Waals surface area (Å²) >= 11 is 0. The van der Waals surface area contributed by atoms with Crippen LogP contribution >= 0.6 is 0 Å². The summed E-state index contributed by atoms with van der Waals surface area (Å²) in [4.78, 5) is 17.9. The fourth-order valence-electron chi connectivity index (χ4n) is 1.84. The lowest BCUT2D eigenvalue weighted by Gasteiger charge is -2.07. The number of rotatable bonds is 5. The lowest BCUT2D eigenvalue weighted by Crippen LogP contribution is -2.05. The molecule has 0 bridgehead atoms. The fourth-order valence-corrected chi connectivity index (χ4v) is 1.84. The average molecular weight is 273 g/mol. The zero-order valence-electron chi connectivity index (χ0n) is 11.0.